The molecule has 0 fully saturated rings. The van der Waals surface area contributed by atoms with Crippen LogP contribution in [0.2, 0.25) is 5.15 Å². The molecule has 1 atom stereocenters. The fraction of sp³-hybridized carbons (Fsp3) is 0.441. The third-order valence-electron chi connectivity index (χ3n) is 8.30. The Morgan fingerprint density at radius 2 is 1.62 bits per heavy atom. The second-order valence-corrected chi connectivity index (χ2v) is 12.6. The average Bonchev–Trinajstić information content (AvgIpc) is 3.04. The largest absolute Gasteiger partial charge is 0.382 e. The summed E-state index contributed by atoms with van der Waals surface area (Å²) < 4.78 is 0. The van der Waals surface area contributed by atoms with E-state index < -0.39 is 11.9 Å². The number of anilines is 3. The van der Waals surface area contributed by atoms with Crippen molar-refractivity contribution in [2.24, 2.45) is 16.5 Å². The first-order valence-electron chi connectivity index (χ1n) is 16.1. The Kier molecular flexibility index (Phi) is 12.9. The van der Waals surface area contributed by atoms with Gasteiger partial charge in [-0.05, 0) is 125 Å². The summed E-state index contributed by atoms with van der Waals surface area (Å²) in [5.74, 6) is -1.10. The molecule has 1 heterocycles. The lowest BCUT2D eigenvalue weighted by atomic mass is 9.82. The minimum Gasteiger partial charge on any atom is -0.382 e. The van der Waals surface area contributed by atoms with Crippen molar-refractivity contribution in [2.45, 2.75) is 70.3 Å². The van der Waals surface area contributed by atoms with E-state index in [1.54, 1.807) is 0 Å². The van der Waals surface area contributed by atoms with E-state index >= 15 is 0 Å². The number of aromatic nitrogens is 2. The number of aliphatic imine (C=N–C) groups is 1. The number of carbonyl (C=O) groups excluding carboxylic acids is 2. The molecule has 0 aliphatic heterocycles. The Morgan fingerprint density at radius 1 is 0.936 bits per heavy atom. The summed E-state index contributed by atoms with van der Waals surface area (Å²) in [5.41, 5.74) is 30.7. The van der Waals surface area contributed by atoms with Crippen LogP contribution in [-0.4, -0.2) is 65.9 Å². The molecule has 1 aromatic heterocycles. The van der Waals surface area contributed by atoms with Gasteiger partial charge < -0.3 is 33.2 Å². The molecule has 0 unspecified atom stereocenters. The maximum Gasteiger partial charge on any atom is 0.280 e. The first kappa shape index (κ1) is 35.6. The molecule has 0 saturated carbocycles. The highest BCUT2D eigenvalue weighted by Gasteiger charge is 2.21. The van der Waals surface area contributed by atoms with Crippen LogP contribution in [-0.2, 0) is 36.9 Å². The zero-order chi connectivity index (χ0) is 33.9. The summed E-state index contributed by atoms with van der Waals surface area (Å²) in [4.78, 5) is 39.5. The number of nitrogen functional groups attached to an aromatic ring is 2. The molecule has 13 heteroatoms. The molecular formula is C34H47ClN10O2. The van der Waals surface area contributed by atoms with Gasteiger partial charge >= 0.3 is 0 Å². The van der Waals surface area contributed by atoms with Gasteiger partial charge in [0.25, 0.3) is 5.91 Å². The standard InChI is InChI=1S/C34H47ClN10O2/c1-45(2)19-7-8-21-12-16-24(17-13-21)41-32(46)27(36)20-23-15-14-22(25-10-3-4-11-26(23)25)9-5-6-18-40-34(39)44-33(47)28-30(37)43-31(38)29(35)42-28/h12-17,27H,3-11,18-20,36H2,1-2H3,(H,41,46)(H4,37,38,43)(H3,39,40,44,47)/t27-/m0/s1. The van der Waals surface area contributed by atoms with E-state index in [-0.39, 0.29) is 34.3 Å². The van der Waals surface area contributed by atoms with E-state index in [4.69, 9.17) is 34.5 Å². The number of unbranched alkanes of at least 4 members (excludes halogenated alkanes) is 1. The van der Waals surface area contributed by atoms with E-state index in [0.717, 1.165) is 75.6 Å². The van der Waals surface area contributed by atoms with Crippen LogP contribution in [0, 0.1) is 0 Å². The van der Waals surface area contributed by atoms with Gasteiger partial charge in [-0.2, -0.15) is 0 Å². The molecule has 0 radical (unpaired) electrons. The normalized spacial score (nSPS) is 13.7. The molecule has 4 rings (SSSR count). The third kappa shape index (κ3) is 10.4. The van der Waals surface area contributed by atoms with Crippen molar-refractivity contribution in [1.82, 2.24) is 20.2 Å². The Morgan fingerprint density at radius 3 is 2.32 bits per heavy atom. The Bertz CT molecular complexity index is 1580. The molecule has 1 aliphatic rings. The minimum absolute atomic E-state index is 0.0427. The lowest BCUT2D eigenvalue weighted by Crippen LogP contribution is -2.38. The number of nitrogens with one attached hydrogen (secondary N) is 2. The first-order chi connectivity index (χ1) is 22.5. The summed E-state index contributed by atoms with van der Waals surface area (Å²) in [6.07, 6.45) is 9.48. The van der Waals surface area contributed by atoms with Gasteiger partial charge in [0.05, 0.1) is 6.04 Å². The number of amides is 2. The van der Waals surface area contributed by atoms with Crippen molar-refractivity contribution < 1.29 is 9.59 Å². The van der Waals surface area contributed by atoms with Crippen LogP contribution in [0.4, 0.5) is 17.3 Å². The smallest absolute Gasteiger partial charge is 0.280 e. The summed E-state index contributed by atoms with van der Waals surface area (Å²) in [7, 11) is 4.15. The van der Waals surface area contributed by atoms with Gasteiger partial charge in [0.15, 0.2) is 28.4 Å². The topological polar surface area (TPSA) is 204 Å². The van der Waals surface area contributed by atoms with E-state index in [1.165, 1.54) is 22.3 Å². The number of aryl methyl sites for hydroxylation is 2. The second-order valence-electron chi connectivity index (χ2n) is 12.3. The number of hydrogen-bond acceptors (Lipinski definition) is 9. The molecule has 47 heavy (non-hydrogen) atoms. The Balaban J connectivity index is 1.27. The highest BCUT2D eigenvalue weighted by atomic mass is 35.5. The molecule has 0 bridgehead atoms. The van der Waals surface area contributed by atoms with Crippen LogP contribution in [0.3, 0.4) is 0 Å². The number of fused-ring (bicyclic) bond motifs is 1. The maximum absolute atomic E-state index is 13.0. The van der Waals surface area contributed by atoms with Gasteiger partial charge in [-0.1, -0.05) is 35.9 Å². The number of halogens is 1. The van der Waals surface area contributed by atoms with Crippen LogP contribution in [0.15, 0.2) is 41.4 Å². The van der Waals surface area contributed by atoms with Crippen molar-refractivity contribution >= 4 is 46.7 Å². The minimum atomic E-state index is -0.664. The highest BCUT2D eigenvalue weighted by molar-refractivity contribution is 6.31. The summed E-state index contributed by atoms with van der Waals surface area (Å²) in [6.45, 7) is 1.49. The predicted octanol–water partition coefficient (Wildman–Crippen LogP) is 3.24. The fourth-order valence-corrected chi connectivity index (χ4v) is 5.94. The molecular weight excluding hydrogens is 616 g/mol. The van der Waals surface area contributed by atoms with Crippen LogP contribution in [0.25, 0.3) is 0 Å². The maximum atomic E-state index is 13.0. The van der Waals surface area contributed by atoms with Gasteiger partial charge in [0.2, 0.25) is 5.91 Å². The van der Waals surface area contributed by atoms with Gasteiger partial charge in [-0.25, -0.2) is 9.97 Å². The number of nitrogens with two attached hydrogens (primary N) is 4. The molecule has 0 saturated heterocycles. The average molecular weight is 663 g/mol. The number of benzene rings is 2. The molecule has 0 spiro atoms. The zero-order valence-electron chi connectivity index (χ0n) is 27.3. The second kappa shape index (κ2) is 17.1. The van der Waals surface area contributed by atoms with Crippen molar-refractivity contribution in [3.8, 4) is 0 Å². The van der Waals surface area contributed by atoms with Crippen molar-refractivity contribution in [3.05, 3.63) is 75.1 Å². The number of hydrogen-bond donors (Lipinski definition) is 6. The predicted molar refractivity (Wildman–Crippen MR) is 189 cm³/mol. The highest BCUT2D eigenvalue weighted by Crippen LogP contribution is 2.29. The van der Waals surface area contributed by atoms with E-state index in [9.17, 15) is 9.59 Å². The molecule has 10 N–H and O–H groups in total. The van der Waals surface area contributed by atoms with Gasteiger partial charge in [-0.15, -0.1) is 0 Å². The van der Waals surface area contributed by atoms with Crippen molar-refractivity contribution in [1.29, 1.82) is 0 Å². The lowest BCUT2D eigenvalue weighted by molar-refractivity contribution is -0.117. The quantitative estimate of drug-likeness (QED) is 0.0850. The summed E-state index contributed by atoms with van der Waals surface area (Å²) in [6, 6.07) is 11.7. The van der Waals surface area contributed by atoms with Crippen LogP contribution >= 0.6 is 11.6 Å². The monoisotopic (exact) mass is 662 g/mol. The van der Waals surface area contributed by atoms with Crippen molar-refractivity contribution in [2.75, 3.05) is 44.0 Å². The number of rotatable bonds is 14. The third-order valence-corrected chi connectivity index (χ3v) is 8.57. The first-order valence-corrected chi connectivity index (χ1v) is 16.5. The SMILES string of the molecule is CN(C)CCCc1ccc(NC(=O)[C@@H](N)Cc2ccc(CCCCN=C(N)NC(=O)c3nc(Cl)c(N)nc3N)c3c2CCCC3)cc1. The van der Waals surface area contributed by atoms with Crippen molar-refractivity contribution in [3.63, 3.8) is 0 Å². The molecule has 2 aromatic carbocycles. The van der Waals surface area contributed by atoms with Gasteiger partial charge in [0, 0.05) is 12.2 Å². The van der Waals surface area contributed by atoms with Crippen LogP contribution in [0.5, 0.6) is 0 Å². The summed E-state index contributed by atoms with van der Waals surface area (Å²) in [5, 5.41) is 5.33. The lowest BCUT2D eigenvalue weighted by Gasteiger charge is -2.24. The number of guanidine groups is 1. The Labute approximate surface area is 281 Å². The van der Waals surface area contributed by atoms with Crippen LogP contribution in [0.1, 0.15) is 70.4 Å². The number of nitrogens with zero attached hydrogens (tertiary/aromatic N) is 4. The van der Waals surface area contributed by atoms with E-state index in [2.05, 4.69) is 68.9 Å². The molecule has 1 aliphatic carbocycles. The zero-order valence-corrected chi connectivity index (χ0v) is 28.1. The molecule has 3 aromatic rings. The molecule has 252 valence electrons. The Hall–Kier alpha value is -4.26. The fourth-order valence-electron chi connectivity index (χ4n) is 5.81. The van der Waals surface area contributed by atoms with E-state index in [0.29, 0.717) is 13.0 Å². The summed E-state index contributed by atoms with van der Waals surface area (Å²) >= 11 is 5.85. The van der Waals surface area contributed by atoms with E-state index in [1.807, 2.05) is 12.1 Å². The van der Waals surface area contributed by atoms with Gasteiger partial charge in [0.1, 0.15) is 0 Å². The molecule has 2 amide bonds. The molecule has 12 nitrogen and oxygen atoms in total. The van der Waals surface area contributed by atoms with Crippen LogP contribution < -0.4 is 33.6 Å². The van der Waals surface area contributed by atoms with Gasteiger partial charge in [-0.3, -0.25) is 19.9 Å². The number of carbonyl (C=O) groups is 2.